The molecule has 0 radical (unpaired) electrons. The number of benzene rings is 1. The van der Waals surface area contributed by atoms with Gasteiger partial charge in [-0.1, -0.05) is 6.07 Å². The number of hydrogen-bond donors (Lipinski definition) is 1. The van der Waals surface area contributed by atoms with E-state index in [2.05, 4.69) is 14.7 Å². The van der Waals surface area contributed by atoms with Crippen LogP contribution in [0.1, 0.15) is 11.4 Å². The molecule has 3 rings (SSSR count). The average Bonchev–Trinajstić information content (AvgIpc) is 3.03. The zero-order valence-corrected chi connectivity index (χ0v) is 14.7. The fourth-order valence-electron chi connectivity index (χ4n) is 2.06. The Labute approximate surface area is 144 Å². The third kappa shape index (κ3) is 3.90. The zero-order chi connectivity index (χ0) is 17.2. The summed E-state index contributed by atoms with van der Waals surface area (Å²) in [7, 11) is -3.55. The molecule has 2 aromatic heterocycles. The van der Waals surface area contributed by atoms with Gasteiger partial charge in [0.25, 0.3) is 10.0 Å². The lowest BCUT2D eigenvalue weighted by molar-refractivity contribution is 0.439. The molecule has 0 unspecified atom stereocenters. The largest absolute Gasteiger partial charge is 0.424 e. The van der Waals surface area contributed by atoms with Gasteiger partial charge in [0.15, 0.2) is 0 Å². The minimum Gasteiger partial charge on any atom is -0.424 e. The van der Waals surface area contributed by atoms with Crippen LogP contribution in [-0.4, -0.2) is 18.4 Å². The standard InChI is InChI=1S/C16H15N3O3S2/c1-11-10-12(2)18-16(17-11)22-14-7-5-13(6-8-14)19-24(20,21)15-4-3-9-23-15/h3-10,19H,1-2H3. The number of hydrogen-bond acceptors (Lipinski definition) is 6. The second-order valence-electron chi connectivity index (χ2n) is 5.10. The highest BCUT2D eigenvalue weighted by atomic mass is 32.2. The van der Waals surface area contributed by atoms with Crippen molar-refractivity contribution in [3.63, 3.8) is 0 Å². The van der Waals surface area contributed by atoms with Gasteiger partial charge in [0.1, 0.15) is 9.96 Å². The number of nitrogens with zero attached hydrogens (tertiary/aromatic N) is 2. The third-order valence-electron chi connectivity index (χ3n) is 3.04. The highest BCUT2D eigenvalue weighted by molar-refractivity contribution is 7.94. The Balaban J connectivity index is 1.74. The molecule has 0 saturated carbocycles. The lowest BCUT2D eigenvalue weighted by Gasteiger charge is -2.08. The zero-order valence-electron chi connectivity index (χ0n) is 13.1. The Morgan fingerprint density at radius 3 is 2.29 bits per heavy atom. The summed E-state index contributed by atoms with van der Waals surface area (Å²) in [4.78, 5) is 8.40. The summed E-state index contributed by atoms with van der Waals surface area (Å²) >= 11 is 1.17. The predicted octanol–water partition coefficient (Wildman–Crippen LogP) is 3.75. The minimum atomic E-state index is -3.55. The van der Waals surface area contributed by atoms with Crippen LogP contribution in [0, 0.1) is 13.8 Å². The van der Waals surface area contributed by atoms with Gasteiger partial charge in [-0.3, -0.25) is 4.72 Å². The van der Waals surface area contributed by atoms with Crippen molar-refractivity contribution >= 4 is 27.0 Å². The molecular weight excluding hydrogens is 346 g/mol. The molecule has 1 aromatic carbocycles. The van der Waals surface area contributed by atoms with Crippen molar-refractivity contribution in [1.29, 1.82) is 0 Å². The molecule has 1 N–H and O–H groups in total. The second-order valence-corrected chi connectivity index (χ2v) is 7.95. The maximum Gasteiger partial charge on any atom is 0.322 e. The van der Waals surface area contributed by atoms with Crippen LogP contribution in [-0.2, 0) is 10.0 Å². The normalized spacial score (nSPS) is 11.2. The monoisotopic (exact) mass is 361 g/mol. The van der Waals surface area contributed by atoms with Crippen molar-refractivity contribution in [2.24, 2.45) is 0 Å². The maximum absolute atomic E-state index is 12.2. The Bertz CT molecular complexity index is 917. The van der Waals surface area contributed by atoms with E-state index in [0.29, 0.717) is 11.4 Å². The van der Waals surface area contributed by atoms with Crippen LogP contribution in [0.25, 0.3) is 0 Å². The van der Waals surface area contributed by atoms with Crippen LogP contribution < -0.4 is 9.46 Å². The lowest BCUT2D eigenvalue weighted by atomic mass is 10.3. The summed E-state index contributed by atoms with van der Waals surface area (Å²) in [5.74, 6) is 0.527. The second kappa shape index (κ2) is 6.58. The minimum absolute atomic E-state index is 0.263. The molecule has 6 nitrogen and oxygen atoms in total. The first-order chi connectivity index (χ1) is 11.4. The SMILES string of the molecule is Cc1cc(C)nc(Oc2ccc(NS(=O)(=O)c3cccs3)cc2)n1. The first-order valence-electron chi connectivity index (χ1n) is 7.09. The fourth-order valence-corrected chi connectivity index (χ4v) is 4.11. The Morgan fingerprint density at radius 2 is 1.71 bits per heavy atom. The van der Waals surface area contributed by atoms with Crippen LogP contribution in [0.5, 0.6) is 11.8 Å². The number of nitrogens with one attached hydrogen (secondary N) is 1. The molecule has 0 bridgehead atoms. The first-order valence-corrected chi connectivity index (χ1v) is 9.45. The van der Waals surface area contributed by atoms with Crippen molar-refractivity contribution in [1.82, 2.24) is 9.97 Å². The maximum atomic E-state index is 12.2. The highest BCUT2D eigenvalue weighted by Gasteiger charge is 2.15. The molecule has 3 aromatic rings. The van der Waals surface area contributed by atoms with Crippen LogP contribution in [0.15, 0.2) is 52.1 Å². The van der Waals surface area contributed by atoms with Crippen LogP contribution >= 0.6 is 11.3 Å². The number of ether oxygens (including phenoxy) is 1. The van der Waals surface area contributed by atoms with Gasteiger partial charge in [-0.15, -0.1) is 11.3 Å². The van der Waals surface area contributed by atoms with E-state index in [1.54, 1.807) is 41.8 Å². The van der Waals surface area contributed by atoms with Crippen molar-refractivity contribution in [3.05, 3.63) is 59.2 Å². The number of aryl methyl sites for hydroxylation is 2. The predicted molar refractivity (Wildman–Crippen MR) is 93.1 cm³/mol. The summed E-state index contributed by atoms with van der Waals surface area (Å²) in [5, 5.41) is 1.72. The molecule has 0 amide bonds. The van der Waals surface area contributed by atoms with E-state index in [1.807, 2.05) is 19.9 Å². The summed E-state index contributed by atoms with van der Waals surface area (Å²) < 4.78 is 32.7. The van der Waals surface area contributed by atoms with Crippen LogP contribution in [0.4, 0.5) is 5.69 Å². The first kappa shape index (κ1) is 16.4. The van der Waals surface area contributed by atoms with Crippen LogP contribution in [0.2, 0.25) is 0 Å². The number of sulfonamides is 1. The van der Waals surface area contributed by atoms with Gasteiger partial charge in [0, 0.05) is 17.1 Å². The Hall–Kier alpha value is -2.45. The number of aromatic nitrogens is 2. The molecule has 24 heavy (non-hydrogen) atoms. The van der Waals surface area contributed by atoms with E-state index in [9.17, 15) is 8.42 Å². The molecule has 2 heterocycles. The molecule has 0 spiro atoms. The molecule has 8 heteroatoms. The van der Waals surface area contributed by atoms with E-state index < -0.39 is 10.0 Å². The molecule has 0 aliphatic carbocycles. The fraction of sp³-hybridized carbons (Fsp3) is 0.125. The molecule has 0 aliphatic heterocycles. The Morgan fingerprint density at radius 1 is 1.04 bits per heavy atom. The number of thiophene rings is 1. The third-order valence-corrected chi connectivity index (χ3v) is 5.82. The quantitative estimate of drug-likeness (QED) is 0.748. The van der Waals surface area contributed by atoms with Gasteiger partial charge in [-0.05, 0) is 55.6 Å². The molecule has 0 aliphatic rings. The molecule has 124 valence electrons. The number of rotatable bonds is 5. The van der Waals surface area contributed by atoms with E-state index in [0.717, 1.165) is 11.4 Å². The topological polar surface area (TPSA) is 81.2 Å². The molecule has 0 fully saturated rings. The molecule has 0 atom stereocenters. The average molecular weight is 361 g/mol. The number of anilines is 1. The van der Waals surface area contributed by atoms with Gasteiger partial charge in [-0.2, -0.15) is 0 Å². The van der Waals surface area contributed by atoms with Gasteiger partial charge < -0.3 is 4.74 Å². The Kier molecular flexibility index (Phi) is 4.50. The highest BCUT2D eigenvalue weighted by Crippen LogP contribution is 2.24. The lowest BCUT2D eigenvalue weighted by Crippen LogP contribution is -2.11. The van der Waals surface area contributed by atoms with Gasteiger partial charge in [0.2, 0.25) is 0 Å². The summed E-state index contributed by atoms with van der Waals surface area (Å²) in [5.41, 5.74) is 2.09. The van der Waals surface area contributed by atoms with Crippen molar-refractivity contribution in [3.8, 4) is 11.8 Å². The van der Waals surface area contributed by atoms with E-state index in [-0.39, 0.29) is 10.2 Å². The van der Waals surface area contributed by atoms with Crippen molar-refractivity contribution < 1.29 is 13.2 Å². The summed E-state index contributed by atoms with van der Waals surface area (Å²) in [6.45, 7) is 3.73. The summed E-state index contributed by atoms with van der Waals surface area (Å²) in [6, 6.07) is 11.9. The van der Waals surface area contributed by atoms with Gasteiger partial charge in [-0.25, -0.2) is 18.4 Å². The van der Waals surface area contributed by atoms with Crippen molar-refractivity contribution in [2.75, 3.05) is 4.72 Å². The summed E-state index contributed by atoms with van der Waals surface area (Å²) in [6.07, 6.45) is 0. The van der Waals surface area contributed by atoms with Gasteiger partial charge >= 0.3 is 6.01 Å². The van der Waals surface area contributed by atoms with Crippen LogP contribution in [0.3, 0.4) is 0 Å². The molecule has 0 saturated heterocycles. The smallest absolute Gasteiger partial charge is 0.322 e. The van der Waals surface area contributed by atoms with E-state index >= 15 is 0 Å². The van der Waals surface area contributed by atoms with E-state index in [1.165, 1.54) is 11.3 Å². The van der Waals surface area contributed by atoms with Gasteiger partial charge in [0.05, 0.1) is 0 Å². The molecular formula is C16H15N3O3S2. The van der Waals surface area contributed by atoms with E-state index in [4.69, 9.17) is 4.74 Å². The van der Waals surface area contributed by atoms with Crippen molar-refractivity contribution in [2.45, 2.75) is 18.1 Å².